The number of carbonyl (C=O) groups excluding carboxylic acids is 4. The highest BCUT2D eigenvalue weighted by molar-refractivity contribution is 6.18. The van der Waals surface area contributed by atoms with Gasteiger partial charge in [-0.1, -0.05) is 24.3 Å². The first-order chi connectivity index (χ1) is 18.1. The third-order valence-electron chi connectivity index (χ3n) is 5.45. The fourth-order valence-corrected chi connectivity index (χ4v) is 3.33. The molecular formula is C28H30O10. The summed E-state index contributed by atoms with van der Waals surface area (Å²) in [6.07, 6.45) is 5.04. The molecule has 0 fully saturated rings. The molecule has 0 aliphatic rings. The van der Waals surface area contributed by atoms with Gasteiger partial charge in [-0.2, -0.15) is 0 Å². The summed E-state index contributed by atoms with van der Waals surface area (Å²) in [4.78, 5) is 50.2. The molecule has 0 bridgehead atoms. The Kier molecular flexibility index (Phi) is 10.6. The van der Waals surface area contributed by atoms with Crippen molar-refractivity contribution in [1.29, 1.82) is 0 Å². The molecule has 0 saturated carbocycles. The maximum absolute atomic E-state index is 13.5. The van der Waals surface area contributed by atoms with Gasteiger partial charge in [0.05, 0.1) is 21.3 Å². The highest BCUT2D eigenvalue weighted by Gasteiger charge is 2.45. The van der Waals surface area contributed by atoms with E-state index in [1.54, 1.807) is 24.3 Å². The molecule has 0 heterocycles. The second-order valence-corrected chi connectivity index (χ2v) is 8.08. The van der Waals surface area contributed by atoms with Crippen LogP contribution < -0.4 is 14.2 Å². The number of benzene rings is 2. The van der Waals surface area contributed by atoms with Crippen LogP contribution in [0.2, 0.25) is 0 Å². The van der Waals surface area contributed by atoms with Crippen LogP contribution in [-0.2, 0) is 28.7 Å². The molecule has 0 atom stereocenters. The molecule has 2 aromatic rings. The number of ether oxygens (including phenoxy) is 5. The molecule has 38 heavy (non-hydrogen) atoms. The van der Waals surface area contributed by atoms with E-state index in [1.165, 1.54) is 45.6 Å². The molecule has 0 aliphatic carbocycles. The van der Waals surface area contributed by atoms with Crippen molar-refractivity contribution in [2.75, 3.05) is 34.5 Å². The third kappa shape index (κ3) is 7.70. The number of hydrogen-bond acceptors (Lipinski definition) is 10. The molecule has 2 aromatic carbocycles. The maximum Gasteiger partial charge on any atom is 0.302 e. The molecule has 0 radical (unpaired) electrons. The van der Waals surface area contributed by atoms with E-state index >= 15 is 0 Å². The minimum absolute atomic E-state index is 0.151. The lowest BCUT2D eigenvalue weighted by Gasteiger charge is -2.27. The quantitative estimate of drug-likeness (QED) is 0.235. The van der Waals surface area contributed by atoms with Crippen LogP contribution in [0.5, 0.6) is 23.0 Å². The second kappa shape index (κ2) is 13.6. The Bertz CT molecular complexity index is 1220. The molecule has 10 nitrogen and oxygen atoms in total. The fraction of sp³-hybridized carbons (Fsp3) is 0.286. The summed E-state index contributed by atoms with van der Waals surface area (Å²) in [6, 6.07) is 9.39. The first-order valence-electron chi connectivity index (χ1n) is 11.4. The number of methoxy groups -OCH3 is 3. The Morgan fingerprint density at radius 1 is 0.711 bits per heavy atom. The molecule has 1 N–H and O–H groups in total. The van der Waals surface area contributed by atoms with Gasteiger partial charge in [-0.3, -0.25) is 19.2 Å². The van der Waals surface area contributed by atoms with Crippen LogP contribution in [-0.4, -0.2) is 63.2 Å². The van der Waals surface area contributed by atoms with Crippen LogP contribution in [0.3, 0.4) is 0 Å². The number of phenolic OH excluding ortho intramolecular Hbond substituents is 1. The summed E-state index contributed by atoms with van der Waals surface area (Å²) in [5, 5.41) is 10.0. The van der Waals surface area contributed by atoms with E-state index < -0.39 is 42.1 Å². The van der Waals surface area contributed by atoms with E-state index in [0.717, 1.165) is 26.0 Å². The van der Waals surface area contributed by atoms with Crippen LogP contribution in [0.15, 0.2) is 48.6 Å². The second-order valence-electron chi connectivity index (χ2n) is 8.08. The Hall–Kier alpha value is -4.60. The van der Waals surface area contributed by atoms with E-state index in [1.807, 2.05) is 0 Å². The van der Waals surface area contributed by atoms with Crippen molar-refractivity contribution in [2.45, 2.75) is 13.8 Å². The van der Waals surface area contributed by atoms with E-state index in [4.69, 9.17) is 23.7 Å². The highest BCUT2D eigenvalue weighted by atomic mass is 16.5. The summed E-state index contributed by atoms with van der Waals surface area (Å²) in [7, 11) is 4.35. The number of ketones is 2. The molecule has 0 aliphatic heterocycles. The smallest absolute Gasteiger partial charge is 0.302 e. The van der Waals surface area contributed by atoms with E-state index in [0.29, 0.717) is 22.6 Å². The summed E-state index contributed by atoms with van der Waals surface area (Å²) in [6.45, 7) is 0.922. The first-order valence-corrected chi connectivity index (χ1v) is 11.4. The van der Waals surface area contributed by atoms with Gasteiger partial charge in [0.15, 0.2) is 40.0 Å². The Balaban J connectivity index is 2.48. The van der Waals surface area contributed by atoms with Gasteiger partial charge in [0.25, 0.3) is 0 Å². The number of hydrogen-bond donors (Lipinski definition) is 1. The number of esters is 2. The van der Waals surface area contributed by atoms with Gasteiger partial charge in [-0.15, -0.1) is 0 Å². The molecular weight excluding hydrogens is 496 g/mol. The zero-order valence-corrected chi connectivity index (χ0v) is 21.8. The van der Waals surface area contributed by atoms with Crippen LogP contribution in [0.25, 0.3) is 12.2 Å². The molecule has 10 heteroatoms. The average molecular weight is 527 g/mol. The van der Waals surface area contributed by atoms with Gasteiger partial charge in [0, 0.05) is 13.8 Å². The van der Waals surface area contributed by atoms with Crippen molar-refractivity contribution >= 4 is 35.7 Å². The Morgan fingerprint density at radius 2 is 1.16 bits per heavy atom. The molecule has 0 unspecified atom stereocenters. The van der Waals surface area contributed by atoms with Gasteiger partial charge >= 0.3 is 11.9 Å². The summed E-state index contributed by atoms with van der Waals surface area (Å²) in [5.74, 6) is -2.00. The van der Waals surface area contributed by atoms with Gasteiger partial charge < -0.3 is 28.8 Å². The lowest BCUT2D eigenvalue weighted by Crippen LogP contribution is -2.46. The van der Waals surface area contributed by atoms with E-state index in [2.05, 4.69) is 0 Å². The van der Waals surface area contributed by atoms with Gasteiger partial charge in [-0.05, 0) is 47.5 Å². The first kappa shape index (κ1) is 29.6. The van der Waals surface area contributed by atoms with Crippen molar-refractivity contribution in [3.63, 3.8) is 0 Å². The van der Waals surface area contributed by atoms with Crippen LogP contribution in [0, 0.1) is 5.41 Å². The number of aromatic hydroxyl groups is 1. The third-order valence-corrected chi connectivity index (χ3v) is 5.45. The van der Waals surface area contributed by atoms with Crippen LogP contribution >= 0.6 is 0 Å². The van der Waals surface area contributed by atoms with Gasteiger partial charge in [0.2, 0.25) is 0 Å². The Labute approximate surface area is 220 Å². The van der Waals surface area contributed by atoms with Crippen molar-refractivity contribution < 1.29 is 48.0 Å². The monoisotopic (exact) mass is 526 g/mol. The van der Waals surface area contributed by atoms with Crippen molar-refractivity contribution in [1.82, 2.24) is 0 Å². The minimum Gasteiger partial charge on any atom is -0.504 e. The largest absolute Gasteiger partial charge is 0.504 e. The van der Waals surface area contributed by atoms with E-state index in [-0.39, 0.29) is 11.5 Å². The molecule has 0 spiro atoms. The van der Waals surface area contributed by atoms with Crippen molar-refractivity contribution in [2.24, 2.45) is 5.41 Å². The Morgan fingerprint density at radius 3 is 1.58 bits per heavy atom. The average Bonchev–Trinajstić information content (AvgIpc) is 2.90. The molecule has 0 saturated heterocycles. The number of phenols is 1. The fourth-order valence-electron chi connectivity index (χ4n) is 3.33. The SMILES string of the molecule is COc1ccc(/C=C/C(=O)C(COC(C)=O)(COC(C)=O)C(=O)/C=C/c2ccc(OC)c(OC)c2)cc1O. The van der Waals surface area contributed by atoms with Gasteiger partial charge in [0.1, 0.15) is 13.2 Å². The topological polar surface area (TPSA) is 135 Å². The normalized spacial score (nSPS) is 11.3. The van der Waals surface area contributed by atoms with Crippen molar-refractivity contribution in [3.05, 3.63) is 59.7 Å². The maximum atomic E-state index is 13.5. The standard InChI is InChI=1S/C28H30O10/c1-18(29)37-16-28(17-38-19(2)30,26(32)12-8-20-6-10-23(34-3)22(31)14-20)27(33)13-9-21-7-11-24(35-4)25(15-21)36-5/h6-15,31H,16-17H2,1-5H3/b12-8+,13-9+. The zero-order chi connectivity index (χ0) is 28.3. The molecule has 0 aromatic heterocycles. The molecule has 0 amide bonds. The zero-order valence-electron chi connectivity index (χ0n) is 21.8. The minimum atomic E-state index is -2.06. The molecule has 2 rings (SSSR count). The summed E-state index contributed by atoms with van der Waals surface area (Å²) < 4.78 is 25.6. The van der Waals surface area contributed by atoms with Crippen LogP contribution in [0.4, 0.5) is 0 Å². The number of rotatable bonds is 13. The summed E-state index contributed by atoms with van der Waals surface area (Å²) in [5.41, 5.74) is -1.07. The predicted octanol–water partition coefficient (Wildman–Crippen LogP) is 3.40. The predicted molar refractivity (Wildman–Crippen MR) is 138 cm³/mol. The molecule has 202 valence electrons. The number of allylic oxidation sites excluding steroid dienone is 2. The van der Waals surface area contributed by atoms with Gasteiger partial charge in [-0.25, -0.2) is 0 Å². The van der Waals surface area contributed by atoms with Crippen LogP contribution in [0.1, 0.15) is 25.0 Å². The lowest BCUT2D eigenvalue weighted by atomic mass is 9.79. The summed E-state index contributed by atoms with van der Waals surface area (Å²) >= 11 is 0. The van der Waals surface area contributed by atoms with Crippen molar-refractivity contribution in [3.8, 4) is 23.0 Å². The number of carbonyl (C=O) groups is 4. The van der Waals surface area contributed by atoms with E-state index in [9.17, 15) is 24.3 Å². The highest BCUT2D eigenvalue weighted by Crippen LogP contribution is 2.30. The lowest BCUT2D eigenvalue weighted by molar-refractivity contribution is -0.157.